The average Bonchev–Trinajstić information content (AvgIpc) is 2.81. The van der Waals surface area contributed by atoms with Crippen molar-refractivity contribution in [3.05, 3.63) is 30.1 Å². The van der Waals surface area contributed by atoms with Crippen LogP contribution < -0.4 is 5.32 Å². The minimum atomic E-state index is -0.329. The van der Waals surface area contributed by atoms with Gasteiger partial charge in [-0.25, -0.2) is 9.18 Å². The molecule has 1 aromatic carbocycles. The molecule has 0 aromatic heterocycles. The summed E-state index contributed by atoms with van der Waals surface area (Å²) in [5, 5.41) is 11.7. The van der Waals surface area contributed by atoms with E-state index in [4.69, 9.17) is 5.11 Å². The molecule has 2 rings (SSSR count). The smallest absolute Gasteiger partial charge is 0.321 e. The second kappa shape index (κ2) is 5.14. The van der Waals surface area contributed by atoms with Gasteiger partial charge in [-0.2, -0.15) is 0 Å². The molecule has 0 saturated carbocycles. The number of aliphatic hydroxyl groups excluding tert-OH is 1. The van der Waals surface area contributed by atoms with Gasteiger partial charge in [0, 0.05) is 31.3 Å². The van der Waals surface area contributed by atoms with E-state index in [1.54, 1.807) is 4.90 Å². The lowest BCUT2D eigenvalue weighted by molar-refractivity contribution is 0.209. The Labute approximate surface area is 99.0 Å². The number of hydrogen-bond donors (Lipinski definition) is 2. The number of urea groups is 1. The van der Waals surface area contributed by atoms with Crippen molar-refractivity contribution in [2.75, 3.05) is 25.0 Å². The maximum absolute atomic E-state index is 12.7. The summed E-state index contributed by atoms with van der Waals surface area (Å²) in [4.78, 5) is 13.5. The van der Waals surface area contributed by atoms with Crippen molar-refractivity contribution in [2.24, 2.45) is 5.92 Å². The molecule has 4 nitrogen and oxygen atoms in total. The lowest BCUT2D eigenvalue weighted by Crippen LogP contribution is -2.33. The van der Waals surface area contributed by atoms with Crippen LogP contribution in [-0.4, -0.2) is 35.7 Å². The van der Waals surface area contributed by atoms with E-state index in [1.807, 2.05) is 0 Å². The summed E-state index contributed by atoms with van der Waals surface area (Å²) in [6.45, 7) is 1.34. The SMILES string of the molecule is O=C(Nc1ccc(F)cc1)N1CCC(CO)C1. The van der Waals surface area contributed by atoms with E-state index in [2.05, 4.69) is 5.32 Å². The van der Waals surface area contributed by atoms with Crippen molar-refractivity contribution in [2.45, 2.75) is 6.42 Å². The predicted molar refractivity (Wildman–Crippen MR) is 62.2 cm³/mol. The van der Waals surface area contributed by atoms with Crippen molar-refractivity contribution in [1.82, 2.24) is 4.90 Å². The van der Waals surface area contributed by atoms with Crippen LogP contribution in [0, 0.1) is 11.7 Å². The van der Waals surface area contributed by atoms with Crippen molar-refractivity contribution >= 4 is 11.7 Å². The van der Waals surface area contributed by atoms with E-state index in [0.29, 0.717) is 18.8 Å². The standard InChI is InChI=1S/C12H15FN2O2/c13-10-1-3-11(4-2-10)14-12(17)15-6-5-9(7-15)8-16/h1-4,9,16H,5-8H2,(H,14,17). The van der Waals surface area contributed by atoms with Crippen molar-refractivity contribution < 1.29 is 14.3 Å². The van der Waals surface area contributed by atoms with Crippen molar-refractivity contribution in [1.29, 1.82) is 0 Å². The Morgan fingerprint density at radius 1 is 1.47 bits per heavy atom. The maximum atomic E-state index is 12.7. The molecular formula is C12H15FN2O2. The van der Waals surface area contributed by atoms with Gasteiger partial charge in [-0.1, -0.05) is 0 Å². The van der Waals surface area contributed by atoms with Gasteiger partial charge in [0.15, 0.2) is 0 Å². The van der Waals surface area contributed by atoms with Crippen LogP contribution >= 0.6 is 0 Å². The van der Waals surface area contributed by atoms with E-state index in [9.17, 15) is 9.18 Å². The van der Waals surface area contributed by atoms with Crippen molar-refractivity contribution in [3.8, 4) is 0 Å². The molecule has 0 radical (unpaired) electrons. The summed E-state index contributed by atoms with van der Waals surface area (Å²) in [5.41, 5.74) is 0.573. The van der Waals surface area contributed by atoms with Crippen LogP contribution in [0.2, 0.25) is 0 Å². The van der Waals surface area contributed by atoms with E-state index in [1.165, 1.54) is 24.3 Å². The van der Waals surface area contributed by atoms with Gasteiger partial charge >= 0.3 is 6.03 Å². The number of anilines is 1. The topological polar surface area (TPSA) is 52.6 Å². The van der Waals surface area contributed by atoms with E-state index in [0.717, 1.165) is 6.42 Å². The number of likely N-dealkylation sites (tertiary alicyclic amines) is 1. The quantitative estimate of drug-likeness (QED) is 0.823. The molecule has 5 heteroatoms. The number of aliphatic hydroxyl groups is 1. The second-order valence-corrected chi connectivity index (χ2v) is 4.22. The van der Waals surface area contributed by atoms with Crippen LogP contribution in [0.3, 0.4) is 0 Å². The number of nitrogens with zero attached hydrogens (tertiary/aromatic N) is 1. The first kappa shape index (κ1) is 11.9. The minimum Gasteiger partial charge on any atom is -0.396 e. The Bertz CT molecular complexity index is 394. The highest BCUT2D eigenvalue weighted by atomic mass is 19.1. The Hall–Kier alpha value is -1.62. The summed E-state index contributed by atoms with van der Waals surface area (Å²) < 4.78 is 12.7. The number of rotatable bonds is 2. The van der Waals surface area contributed by atoms with Gasteiger partial charge in [-0.15, -0.1) is 0 Å². The van der Waals surface area contributed by atoms with Crippen molar-refractivity contribution in [3.63, 3.8) is 0 Å². The second-order valence-electron chi connectivity index (χ2n) is 4.22. The molecule has 1 heterocycles. The Morgan fingerprint density at radius 3 is 2.76 bits per heavy atom. The summed E-state index contributed by atoms with van der Waals surface area (Å²) in [5.74, 6) is -0.154. The van der Waals surface area contributed by atoms with Crippen LogP contribution in [0.25, 0.3) is 0 Å². The molecule has 1 fully saturated rings. The fraction of sp³-hybridized carbons (Fsp3) is 0.417. The zero-order valence-corrected chi connectivity index (χ0v) is 9.40. The third-order valence-corrected chi connectivity index (χ3v) is 2.93. The molecule has 1 atom stereocenters. The van der Waals surface area contributed by atoms with Gasteiger partial charge in [0.1, 0.15) is 5.82 Å². The number of hydrogen-bond acceptors (Lipinski definition) is 2. The maximum Gasteiger partial charge on any atom is 0.321 e. The highest BCUT2D eigenvalue weighted by molar-refractivity contribution is 5.89. The molecule has 92 valence electrons. The van der Waals surface area contributed by atoms with Crippen LogP contribution in [0.4, 0.5) is 14.9 Å². The summed E-state index contributed by atoms with van der Waals surface area (Å²) >= 11 is 0. The number of carbonyl (C=O) groups is 1. The normalized spacial score (nSPS) is 19.4. The molecule has 1 aliphatic heterocycles. The van der Waals surface area contributed by atoms with Gasteiger partial charge in [0.05, 0.1) is 0 Å². The molecule has 0 aliphatic carbocycles. The van der Waals surface area contributed by atoms with Gasteiger partial charge in [0.2, 0.25) is 0 Å². The number of carbonyl (C=O) groups excluding carboxylic acids is 1. The summed E-state index contributed by atoms with van der Waals surface area (Å²) in [7, 11) is 0. The first-order chi connectivity index (χ1) is 8.19. The van der Waals surface area contributed by atoms with Crippen LogP contribution in [0.1, 0.15) is 6.42 Å². The fourth-order valence-corrected chi connectivity index (χ4v) is 1.90. The summed E-state index contributed by atoms with van der Waals surface area (Å²) in [6.07, 6.45) is 0.827. The molecule has 1 unspecified atom stereocenters. The molecule has 1 aliphatic rings. The lowest BCUT2D eigenvalue weighted by Gasteiger charge is -2.17. The van der Waals surface area contributed by atoms with Gasteiger partial charge in [-0.05, 0) is 30.7 Å². The van der Waals surface area contributed by atoms with Crippen LogP contribution in [-0.2, 0) is 0 Å². The molecule has 2 amide bonds. The lowest BCUT2D eigenvalue weighted by atomic mass is 10.1. The zero-order valence-electron chi connectivity index (χ0n) is 9.40. The molecule has 0 bridgehead atoms. The highest BCUT2D eigenvalue weighted by Crippen LogP contribution is 2.17. The molecule has 17 heavy (non-hydrogen) atoms. The third-order valence-electron chi connectivity index (χ3n) is 2.93. The molecule has 0 spiro atoms. The fourth-order valence-electron chi connectivity index (χ4n) is 1.90. The third kappa shape index (κ3) is 2.94. The summed E-state index contributed by atoms with van der Waals surface area (Å²) in [6, 6.07) is 5.44. The zero-order chi connectivity index (χ0) is 12.3. The molecule has 2 N–H and O–H groups in total. The highest BCUT2D eigenvalue weighted by Gasteiger charge is 2.25. The van der Waals surface area contributed by atoms with Crippen LogP contribution in [0.5, 0.6) is 0 Å². The largest absolute Gasteiger partial charge is 0.396 e. The number of benzene rings is 1. The van der Waals surface area contributed by atoms with Crippen LogP contribution in [0.15, 0.2) is 24.3 Å². The Morgan fingerprint density at radius 2 is 2.18 bits per heavy atom. The first-order valence-electron chi connectivity index (χ1n) is 5.61. The molecule has 1 aromatic rings. The van der Waals surface area contributed by atoms with Gasteiger partial charge in [0.25, 0.3) is 0 Å². The van der Waals surface area contributed by atoms with E-state index >= 15 is 0 Å². The molecule has 1 saturated heterocycles. The monoisotopic (exact) mass is 238 g/mol. The number of amides is 2. The predicted octanol–water partition coefficient (Wildman–Crippen LogP) is 1.67. The van der Waals surface area contributed by atoms with E-state index < -0.39 is 0 Å². The van der Waals surface area contributed by atoms with E-state index in [-0.39, 0.29) is 24.4 Å². The van der Waals surface area contributed by atoms with Gasteiger partial charge in [-0.3, -0.25) is 0 Å². The first-order valence-corrected chi connectivity index (χ1v) is 5.61. The molecular weight excluding hydrogens is 223 g/mol. The number of nitrogens with one attached hydrogen (secondary N) is 1. The Balaban J connectivity index is 1.91. The average molecular weight is 238 g/mol. The van der Waals surface area contributed by atoms with Gasteiger partial charge < -0.3 is 15.3 Å². The minimum absolute atomic E-state index is 0.111. The number of halogens is 1. The Kier molecular flexibility index (Phi) is 3.58.